The molecular weight excluding hydrogens is 438 g/mol. The molecule has 0 heterocycles. The van der Waals surface area contributed by atoms with Crippen LogP contribution in [0.25, 0.3) is 0 Å². The molecule has 9 heteroatoms. The van der Waals surface area contributed by atoms with Gasteiger partial charge in [-0.05, 0) is 55.5 Å². The zero-order valence-electron chi connectivity index (χ0n) is 17.1. The van der Waals surface area contributed by atoms with Crippen molar-refractivity contribution in [2.75, 3.05) is 0 Å². The molecule has 1 aliphatic rings. The van der Waals surface area contributed by atoms with Crippen molar-refractivity contribution in [1.29, 1.82) is 0 Å². The maximum Gasteiger partial charge on any atom is 0.416 e. The number of hydrogen-bond donors (Lipinski definition) is 1. The average Bonchev–Trinajstić information content (AvgIpc) is 2.72. The van der Waals surface area contributed by atoms with Crippen molar-refractivity contribution in [3.05, 3.63) is 70.8 Å². The first-order valence-electron chi connectivity index (χ1n) is 10.1. The number of alkyl halides is 6. The van der Waals surface area contributed by atoms with E-state index in [0.29, 0.717) is 37.0 Å². The highest BCUT2D eigenvalue weighted by Crippen LogP contribution is 2.43. The van der Waals surface area contributed by atoms with Crippen molar-refractivity contribution in [2.45, 2.75) is 56.7 Å². The van der Waals surface area contributed by atoms with Gasteiger partial charge >= 0.3 is 18.3 Å². The van der Waals surface area contributed by atoms with Gasteiger partial charge in [0.2, 0.25) is 0 Å². The minimum Gasteiger partial charge on any atom is -0.481 e. The second kappa shape index (κ2) is 9.13. The summed E-state index contributed by atoms with van der Waals surface area (Å²) in [6.45, 7) is 1.38. The molecule has 3 rings (SSSR count). The number of halogens is 6. The zero-order valence-corrected chi connectivity index (χ0v) is 17.1. The van der Waals surface area contributed by atoms with E-state index in [1.54, 1.807) is 30.3 Å². The van der Waals surface area contributed by atoms with Gasteiger partial charge < -0.3 is 9.84 Å². The Hall–Kier alpha value is -2.55. The van der Waals surface area contributed by atoms with Crippen LogP contribution in [0.2, 0.25) is 0 Å². The summed E-state index contributed by atoms with van der Waals surface area (Å²) >= 11 is 0. The average molecular weight is 460 g/mol. The molecule has 2 aromatic rings. The summed E-state index contributed by atoms with van der Waals surface area (Å²) in [6, 6.07) is 10.1. The molecule has 0 aliphatic heterocycles. The van der Waals surface area contributed by atoms with Crippen molar-refractivity contribution in [1.82, 2.24) is 0 Å². The molecule has 1 aliphatic carbocycles. The number of benzene rings is 2. The molecule has 1 fully saturated rings. The number of ether oxygens (including phenoxy) is 1. The SMILES string of the molecule is C[C@@H](O[C@H]1CCC[C@H](C(=O)O)[C@H]1c1ccccc1)c1cc(C(F)(F)F)cc(C(F)(F)F)c1. The Morgan fingerprint density at radius 3 is 2.03 bits per heavy atom. The normalized spacial score (nSPS) is 23.0. The smallest absolute Gasteiger partial charge is 0.416 e. The summed E-state index contributed by atoms with van der Waals surface area (Å²) in [5.41, 5.74) is -2.39. The van der Waals surface area contributed by atoms with E-state index < -0.39 is 53.5 Å². The number of carboxylic acids is 1. The van der Waals surface area contributed by atoms with Gasteiger partial charge in [0, 0.05) is 5.92 Å². The summed E-state index contributed by atoms with van der Waals surface area (Å²) < 4.78 is 85.2. The first-order valence-corrected chi connectivity index (χ1v) is 10.1. The fourth-order valence-electron chi connectivity index (χ4n) is 4.26. The van der Waals surface area contributed by atoms with Crippen LogP contribution in [0.3, 0.4) is 0 Å². The number of carboxylic acid groups (broad SMARTS) is 1. The lowest BCUT2D eigenvalue weighted by atomic mass is 9.73. The van der Waals surface area contributed by atoms with Crippen LogP contribution in [-0.4, -0.2) is 17.2 Å². The predicted molar refractivity (Wildman–Crippen MR) is 104 cm³/mol. The van der Waals surface area contributed by atoms with Crippen LogP contribution in [-0.2, 0) is 21.9 Å². The Balaban J connectivity index is 1.95. The van der Waals surface area contributed by atoms with E-state index in [1.165, 1.54) is 6.92 Å². The van der Waals surface area contributed by atoms with Gasteiger partial charge in [0.15, 0.2) is 0 Å². The van der Waals surface area contributed by atoms with Gasteiger partial charge in [-0.25, -0.2) is 0 Å². The van der Waals surface area contributed by atoms with Crippen LogP contribution in [0, 0.1) is 5.92 Å². The van der Waals surface area contributed by atoms with Gasteiger partial charge in [0.25, 0.3) is 0 Å². The Labute approximate surface area is 181 Å². The van der Waals surface area contributed by atoms with E-state index in [4.69, 9.17) is 4.74 Å². The first kappa shape index (κ1) is 24.1. The highest BCUT2D eigenvalue weighted by atomic mass is 19.4. The quantitative estimate of drug-likeness (QED) is 0.497. The van der Waals surface area contributed by atoms with E-state index in [0.717, 1.165) is 0 Å². The fourth-order valence-corrected chi connectivity index (χ4v) is 4.26. The molecule has 0 bridgehead atoms. The molecule has 32 heavy (non-hydrogen) atoms. The van der Waals surface area contributed by atoms with Crippen LogP contribution >= 0.6 is 0 Å². The maximum absolute atomic E-state index is 13.2. The molecule has 2 aromatic carbocycles. The molecule has 1 saturated carbocycles. The van der Waals surface area contributed by atoms with Crippen molar-refractivity contribution < 1.29 is 41.0 Å². The van der Waals surface area contributed by atoms with Crippen molar-refractivity contribution in [2.24, 2.45) is 5.92 Å². The van der Waals surface area contributed by atoms with E-state index in [2.05, 4.69) is 0 Å². The van der Waals surface area contributed by atoms with Gasteiger partial charge in [-0.15, -0.1) is 0 Å². The van der Waals surface area contributed by atoms with Crippen LogP contribution in [0.15, 0.2) is 48.5 Å². The lowest BCUT2D eigenvalue weighted by molar-refractivity contribution is -0.148. The number of carbonyl (C=O) groups is 1. The third kappa shape index (κ3) is 5.43. The van der Waals surface area contributed by atoms with E-state index in [9.17, 15) is 36.2 Å². The van der Waals surface area contributed by atoms with Crippen molar-refractivity contribution in [3.63, 3.8) is 0 Å². The second-order valence-electron chi connectivity index (χ2n) is 7.97. The highest BCUT2D eigenvalue weighted by Gasteiger charge is 2.41. The molecule has 174 valence electrons. The Morgan fingerprint density at radius 2 is 1.53 bits per heavy atom. The third-order valence-electron chi connectivity index (χ3n) is 5.80. The van der Waals surface area contributed by atoms with Gasteiger partial charge in [-0.2, -0.15) is 26.3 Å². The molecule has 0 aromatic heterocycles. The monoisotopic (exact) mass is 460 g/mol. The summed E-state index contributed by atoms with van der Waals surface area (Å²) in [5, 5.41) is 9.69. The molecule has 0 amide bonds. The molecule has 0 radical (unpaired) electrons. The minimum absolute atomic E-state index is 0.0735. The molecule has 4 atom stereocenters. The van der Waals surface area contributed by atoms with E-state index in [-0.39, 0.29) is 11.6 Å². The van der Waals surface area contributed by atoms with Crippen LogP contribution in [0.4, 0.5) is 26.3 Å². The number of hydrogen-bond acceptors (Lipinski definition) is 2. The molecule has 0 unspecified atom stereocenters. The van der Waals surface area contributed by atoms with Crippen LogP contribution < -0.4 is 0 Å². The number of rotatable bonds is 5. The van der Waals surface area contributed by atoms with Crippen LogP contribution in [0.5, 0.6) is 0 Å². The van der Waals surface area contributed by atoms with Crippen LogP contribution in [0.1, 0.15) is 60.5 Å². The topological polar surface area (TPSA) is 46.5 Å². The summed E-state index contributed by atoms with van der Waals surface area (Å²) in [6.07, 6.45) is -10.3. The standard InChI is InChI=1S/C23H22F6O3/c1-13(15-10-16(22(24,25)26)12-17(11-15)23(27,28)29)32-19-9-5-8-18(21(30)31)20(19)14-6-3-2-4-7-14/h2-4,6-7,10-13,18-20H,5,8-9H2,1H3,(H,30,31)/t13-,18+,19+,20-/m1/s1. The molecular formula is C23H22F6O3. The van der Waals surface area contributed by atoms with Gasteiger partial charge in [-0.1, -0.05) is 30.3 Å². The predicted octanol–water partition coefficient (Wildman–Crippen LogP) is 6.84. The Kier molecular flexibility index (Phi) is 6.88. The van der Waals surface area contributed by atoms with Gasteiger partial charge in [0.1, 0.15) is 0 Å². The van der Waals surface area contributed by atoms with Crippen molar-refractivity contribution >= 4 is 5.97 Å². The molecule has 3 nitrogen and oxygen atoms in total. The Morgan fingerprint density at radius 1 is 0.969 bits per heavy atom. The zero-order chi connectivity index (χ0) is 23.7. The number of aliphatic carboxylic acids is 1. The largest absolute Gasteiger partial charge is 0.481 e. The van der Waals surface area contributed by atoms with Gasteiger partial charge in [-0.3, -0.25) is 4.79 Å². The lowest BCUT2D eigenvalue weighted by Gasteiger charge is -2.38. The Bertz CT molecular complexity index is 907. The van der Waals surface area contributed by atoms with E-state index in [1.807, 2.05) is 0 Å². The van der Waals surface area contributed by atoms with E-state index >= 15 is 0 Å². The fraction of sp³-hybridized carbons (Fsp3) is 0.435. The highest BCUT2D eigenvalue weighted by molar-refractivity contribution is 5.71. The lowest BCUT2D eigenvalue weighted by Crippen LogP contribution is -2.37. The molecule has 0 saturated heterocycles. The summed E-state index contributed by atoms with van der Waals surface area (Å²) in [5.74, 6) is -2.35. The maximum atomic E-state index is 13.2. The molecule has 1 N–H and O–H groups in total. The summed E-state index contributed by atoms with van der Waals surface area (Å²) in [4.78, 5) is 11.8. The second-order valence-corrected chi connectivity index (χ2v) is 7.97. The summed E-state index contributed by atoms with van der Waals surface area (Å²) in [7, 11) is 0. The first-order chi connectivity index (χ1) is 14.9. The minimum atomic E-state index is -4.96. The van der Waals surface area contributed by atoms with Crippen molar-refractivity contribution in [3.8, 4) is 0 Å². The molecule has 0 spiro atoms. The van der Waals surface area contributed by atoms with Gasteiger partial charge in [0.05, 0.1) is 29.3 Å². The third-order valence-corrected chi connectivity index (χ3v) is 5.80.